The maximum absolute atomic E-state index is 13.1. The number of carbonyl (C=O) groups excluding carboxylic acids is 2. The second kappa shape index (κ2) is 10.8. The largest absolute Gasteiger partial charge is 0.490 e. The van der Waals surface area contributed by atoms with Crippen molar-refractivity contribution in [3.8, 4) is 17.2 Å². The Morgan fingerprint density at radius 2 is 1.32 bits per heavy atom. The van der Waals surface area contributed by atoms with Crippen molar-refractivity contribution in [1.29, 1.82) is 0 Å². The van der Waals surface area contributed by atoms with Gasteiger partial charge in [0.2, 0.25) is 11.7 Å². The highest BCUT2D eigenvalue weighted by Crippen LogP contribution is 2.39. The molecule has 7 heteroatoms. The van der Waals surface area contributed by atoms with E-state index in [0.29, 0.717) is 75.2 Å². The third-order valence-corrected chi connectivity index (χ3v) is 4.54. The molecule has 0 spiro atoms. The van der Waals surface area contributed by atoms with Crippen molar-refractivity contribution in [2.45, 2.75) is 40.5 Å². The first-order valence-corrected chi connectivity index (χ1v) is 10.2. The molecule has 156 valence electrons. The van der Waals surface area contributed by atoms with Crippen LogP contribution in [0.3, 0.4) is 0 Å². The first-order valence-electron chi connectivity index (χ1n) is 10.2. The molecular weight excluding hydrogens is 360 g/mol. The molecule has 1 fully saturated rings. The number of nitrogens with zero attached hydrogens (tertiary/aromatic N) is 2. The molecule has 2 amide bonds. The number of piperazine rings is 1. The number of rotatable bonds is 9. The average molecular weight is 392 g/mol. The van der Waals surface area contributed by atoms with Gasteiger partial charge in [-0.15, -0.1) is 0 Å². The zero-order valence-electron chi connectivity index (χ0n) is 17.5. The Labute approximate surface area is 167 Å². The van der Waals surface area contributed by atoms with Crippen molar-refractivity contribution in [3.63, 3.8) is 0 Å². The highest BCUT2D eigenvalue weighted by molar-refractivity contribution is 5.96. The van der Waals surface area contributed by atoms with E-state index in [4.69, 9.17) is 14.2 Å². The van der Waals surface area contributed by atoms with E-state index in [-0.39, 0.29) is 11.8 Å². The van der Waals surface area contributed by atoms with E-state index < -0.39 is 0 Å². The Hall–Kier alpha value is -2.44. The van der Waals surface area contributed by atoms with Gasteiger partial charge in [0.25, 0.3) is 5.91 Å². The molecule has 28 heavy (non-hydrogen) atoms. The Morgan fingerprint density at radius 1 is 0.821 bits per heavy atom. The van der Waals surface area contributed by atoms with E-state index in [1.54, 1.807) is 17.0 Å². The molecule has 1 saturated heterocycles. The molecule has 0 unspecified atom stereocenters. The minimum Gasteiger partial charge on any atom is -0.490 e. The van der Waals surface area contributed by atoms with E-state index >= 15 is 0 Å². The summed E-state index contributed by atoms with van der Waals surface area (Å²) in [5.74, 6) is 1.61. The third kappa shape index (κ3) is 5.30. The van der Waals surface area contributed by atoms with Crippen LogP contribution in [0.25, 0.3) is 0 Å². The maximum atomic E-state index is 13.1. The van der Waals surface area contributed by atoms with Crippen LogP contribution in [-0.4, -0.2) is 67.6 Å². The lowest BCUT2D eigenvalue weighted by atomic mass is 10.1. The molecule has 1 aromatic carbocycles. The van der Waals surface area contributed by atoms with Gasteiger partial charge in [0.15, 0.2) is 11.5 Å². The van der Waals surface area contributed by atoms with E-state index in [1.165, 1.54) is 0 Å². The number of hydrogen-bond donors (Lipinski definition) is 0. The van der Waals surface area contributed by atoms with Gasteiger partial charge in [0.1, 0.15) is 0 Å². The second-order valence-corrected chi connectivity index (χ2v) is 6.52. The summed E-state index contributed by atoms with van der Waals surface area (Å²) in [6.45, 7) is 11.2. The summed E-state index contributed by atoms with van der Waals surface area (Å²) < 4.78 is 17.1. The molecule has 0 bridgehead atoms. The van der Waals surface area contributed by atoms with Crippen LogP contribution in [0.2, 0.25) is 0 Å². The van der Waals surface area contributed by atoms with Crippen molar-refractivity contribution in [2.24, 2.45) is 0 Å². The smallest absolute Gasteiger partial charge is 0.254 e. The molecule has 7 nitrogen and oxygen atoms in total. The summed E-state index contributed by atoms with van der Waals surface area (Å²) in [4.78, 5) is 28.7. The van der Waals surface area contributed by atoms with Crippen molar-refractivity contribution < 1.29 is 23.8 Å². The Kier molecular flexibility index (Phi) is 8.42. The Bertz CT molecular complexity index is 642. The first-order chi connectivity index (χ1) is 13.5. The van der Waals surface area contributed by atoms with Gasteiger partial charge < -0.3 is 24.0 Å². The molecule has 0 aromatic heterocycles. The van der Waals surface area contributed by atoms with Crippen LogP contribution in [0, 0.1) is 0 Å². The van der Waals surface area contributed by atoms with Crippen LogP contribution < -0.4 is 14.2 Å². The average Bonchev–Trinajstić information content (AvgIpc) is 2.70. The second-order valence-electron chi connectivity index (χ2n) is 6.52. The fourth-order valence-corrected chi connectivity index (χ4v) is 3.23. The quantitative estimate of drug-likeness (QED) is 0.646. The molecule has 0 aliphatic carbocycles. The number of ether oxygens (including phenoxy) is 3. The minimum absolute atomic E-state index is 0.0902. The molecular formula is C21H32N2O5. The summed E-state index contributed by atoms with van der Waals surface area (Å²) in [6.07, 6.45) is 1.40. The standard InChI is InChI=1S/C21H32N2O5/c1-5-9-19(24)22-10-12-23(13-11-22)21(25)16-14-17(26-6-2)20(28-8-4)18(15-16)27-7-3/h14-15H,5-13H2,1-4H3. The molecule has 1 aliphatic rings. The summed E-state index contributed by atoms with van der Waals surface area (Å²) in [7, 11) is 0. The SMILES string of the molecule is CCCC(=O)N1CCN(C(=O)c2cc(OCC)c(OCC)c(OCC)c2)CC1. The van der Waals surface area contributed by atoms with Gasteiger partial charge in [-0.3, -0.25) is 9.59 Å². The van der Waals surface area contributed by atoms with E-state index in [0.717, 1.165) is 6.42 Å². The van der Waals surface area contributed by atoms with Crippen LogP contribution in [0.15, 0.2) is 12.1 Å². The Balaban J connectivity index is 2.19. The summed E-state index contributed by atoms with van der Waals surface area (Å²) in [6, 6.07) is 3.43. The third-order valence-electron chi connectivity index (χ3n) is 4.54. The summed E-state index contributed by atoms with van der Waals surface area (Å²) in [5.41, 5.74) is 0.503. The van der Waals surface area contributed by atoms with E-state index in [1.807, 2.05) is 32.6 Å². The van der Waals surface area contributed by atoms with Crippen LogP contribution >= 0.6 is 0 Å². The predicted molar refractivity (Wildman–Crippen MR) is 107 cm³/mol. The lowest BCUT2D eigenvalue weighted by Crippen LogP contribution is -2.50. The topological polar surface area (TPSA) is 68.3 Å². The monoisotopic (exact) mass is 392 g/mol. The number of carbonyl (C=O) groups is 2. The zero-order chi connectivity index (χ0) is 20.5. The fraction of sp³-hybridized carbons (Fsp3) is 0.619. The van der Waals surface area contributed by atoms with Gasteiger partial charge in [-0.25, -0.2) is 0 Å². The van der Waals surface area contributed by atoms with Crippen LogP contribution in [0.1, 0.15) is 50.9 Å². The van der Waals surface area contributed by atoms with Crippen molar-refractivity contribution in [1.82, 2.24) is 9.80 Å². The number of amides is 2. The predicted octanol–water partition coefficient (Wildman–Crippen LogP) is 2.97. The zero-order valence-corrected chi connectivity index (χ0v) is 17.5. The van der Waals surface area contributed by atoms with Gasteiger partial charge in [-0.2, -0.15) is 0 Å². The lowest BCUT2D eigenvalue weighted by Gasteiger charge is -2.35. The molecule has 0 N–H and O–H groups in total. The van der Waals surface area contributed by atoms with Gasteiger partial charge in [-0.1, -0.05) is 6.92 Å². The first kappa shape index (κ1) is 21.9. The van der Waals surface area contributed by atoms with Crippen LogP contribution in [-0.2, 0) is 4.79 Å². The summed E-state index contributed by atoms with van der Waals surface area (Å²) in [5, 5.41) is 0. The van der Waals surface area contributed by atoms with Gasteiger partial charge in [0.05, 0.1) is 19.8 Å². The maximum Gasteiger partial charge on any atom is 0.254 e. The van der Waals surface area contributed by atoms with Crippen molar-refractivity contribution in [3.05, 3.63) is 17.7 Å². The highest BCUT2D eigenvalue weighted by atomic mass is 16.5. The molecule has 0 saturated carbocycles. The van der Waals surface area contributed by atoms with Crippen molar-refractivity contribution >= 4 is 11.8 Å². The van der Waals surface area contributed by atoms with Gasteiger partial charge in [-0.05, 0) is 39.3 Å². The molecule has 2 rings (SSSR count). The van der Waals surface area contributed by atoms with Crippen LogP contribution in [0.5, 0.6) is 17.2 Å². The fourth-order valence-electron chi connectivity index (χ4n) is 3.23. The van der Waals surface area contributed by atoms with Crippen molar-refractivity contribution in [2.75, 3.05) is 46.0 Å². The molecule has 1 aliphatic heterocycles. The molecule has 0 radical (unpaired) electrons. The van der Waals surface area contributed by atoms with Crippen LogP contribution in [0.4, 0.5) is 0 Å². The van der Waals surface area contributed by atoms with Gasteiger partial charge >= 0.3 is 0 Å². The molecule has 1 aromatic rings. The van der Waals surface area contributed by atoms with E-state index in [9.17, 15) is 9.59 Å². The highest BCUT2D eigenvalue weighted by Gasteiger charge is 2.26. The Morgan fingerprint density at radius 3 is 1.79 bits per heavy atom. The normalized spacial score (nSPS) is 14.0. The number of hydrogen-bond acceptors (Lipinski definition) is 5. The lowest BCUT2D eigenvalue weighted by molar-refractivity contribution is -0.132. The van der Waals surface area contributed by atoms with Gasteiger partial charge in [0, 0.05) is 38.2 Å². The summed E-state index contributed by atoms with van der Waals surface area (Å²) >= 11 is 0. The molecule has 0 atom stereocenters. The van der Waals surface area contributed by atoms with E-state index in [2.05, 4.69) is 0 Å². The molecule has 1 heterocycles. The minimum atomic E-state index is -0.0902. The number of benzene rings is 1.